The third-order valence-corrected chi connectivity index (χ3v) is 8.41. The lowest BCUT2D eigenvalue weighted by atomic mass is 9.81. The Kier molecular flexibility index (Phi) is 12.0. The maximum atomic E-state index is 13.9. The van der Waals surface area contributed by atoms with Gasteiger partial charge in [-0.25, -0.2) is 23.3 Å². The minimum Gasteiger partial charge on any atom is -0.356 e. The zero-order valence-corrected chi connectivity index (χ0v) is 26.4. The topological polar surface area (TPSA) is 122 Å². The van der Waals surface area contributed by atoms with Crippen LogP contribution in [-0.4, -0.2) is 78.3 Å². The molecule has 0 aromatic carbocycles. The first-order valence-corrected chi connectivity index (χ1v) is 15.7. The van der Waals surface area contributed by atoms with Crippen LogP contribution in [0.25, 0.3) is 5.78 Å². The lowest BCUT2D eigenvalue weighted by Gasteiger charge is -2.33. The van der Waals surface area contributed by atoms with Crippen molar-refractivity contribution in [2.45, 2.75) is 109 Å². The fourth-order valence-electron chi connectivity index (χ4n) is 5.68. The molecule has 4 heterocycles. The highest BCUT2D eigenvalue weighted by molar-refractivity contribution is 5.92. The zero-order valence-electron chi connectivity index (χ0n) is 26.4. The van der Waals surface area contributed by atoms with Crippen LogP contribution < -0.4 is 10.6 Å². The van der Waals surface area contributed by atoms with E-state index in [4.69, 9.17) is 9.97 Å². The average molecular weight is 656 g/mol. The largest absolute Gasteiger partial charge is 0.379 e. The predicted octanol–water partition coefficient (Wildman–Crippen LogP) is 5.00. The van der Waals surface area contributed by atoms with Gasteiger partial charge < -0.3 is 10.6 Å². The number of carbonyl (C=O) groups is 2. The number of aromatic nitrogens is 6. The number of halogens is 5. The van der Waals surface area contributed by atoms with E-state index in [2.05, 4.69) is 32.8 Å². The van der Waals surface area contributed by atoms with Gasteiger partial charge in [0.1, 0.15) is 5.69 Å². The smallest absolute Gasteiger partial charge is 0.356 e. The van der Waals surface area contributed by atoms with Crippen LogP contribution in [0.5, 0.6) is 0 Å². The van der Waals surface area contributed by atoms with Crippen LogP contribution in [0.3, 0.4) is 0 Å². The minimum atomic E-state index is -3.67. The summed E-state index contributed by atoms with van der Waals surface area (Å²) in [5.74, 6) is -2.46. The molecular formula is C30H42F5N9O2. The number of fused-ring (bicyclic) bond motifs is 1. The maximum Gasteiger partial charge on any atom is 0.379 e. The summed E-state index contributed by atoms with van der Waals surface area (Å²) in [5.41, 5.74) is 2.70. The third-order valence-electron chi connectivity index (χ3n) is 8.41. The summed E-state index contributed by atoms with van der Waals surface area (Å²) < 4.78 is 60.0. The lowest BCUT2D eigenvalue weighted by molar-refractivity contribution is -0.122. The second kappa shape index (κ2) is 15.7. The number of aryl methyl sites for hydroxylation is 2. The molecule has 2 N–H and O–H groups in total. The van der Waals surface area contributed by atoms with Gasteiger partial charge in [0.2, 0.25) is 11.8 Å². The van der Waals surface area contributed by atoms with E-state index in [9.17, 15) is 31.5 Å². The fourth-order valence-corrected chi connectivity index (χ4v) is 5.68. The Morgan fingerprint density at radius 3 is 2.41 bits per heavy atom. The van der Waals surface area contributed by atoms with Crippen molar-refractivity contribution in [2.24, 2.45) is 5.92 Å². The minimum absolute atomic E-state index is 0.164. The summed E-state index contributed by atoms with van der Waals surface area (Å²) in [7, 11) is 2.09. The summed E-state index contributed by atoms with van der Waals surface area (Å²) >= 11 is 0. The van der Waals surface area contributed by atoms with Gasteiger partial charge >= 0.3 is 6.68 Å². The highest BCUT2D eigenvalue weighted by atomic mass is 19.4. The molecule has 3 aliphatic rings. The Labute approximate surface area is 264 Å². The molecule has 6 rings (SSSR count). The number of amides is 2. The van der Waals surface area contributed by atoms with E-state index in [1.807, 2.05) is 13.8 Å². The van der Waals surface area contributed by atoms with E-state index < -0.39 is 18.6 Å². The molecule has 3 aromatic heterocycles. The van der Waals surface area contributed by atoms with Crippen molar-refractivity contribution in [1.29, 1.82) is 0 Å². The van der Waals surface area contributed by atoms with Crippen LogP contribution in [-0.2, 0) is 17.9 Å². The predicted molar refractivity (Wildman–Crippen MR) is 159 cm³/mol. The first kappa shape index (κ1) is 35.2. The number of rotatable bonds is 8. The van der Waals surface area contributed by atoms with Crippen molar-refractivity contribution in [3.8, 4) is 0 Å². The van der Waals surface area contributed by atoms with E-state index in [-0.39, 0.29) is 30.6 Å². The van der Waals surface area contributed by atoms with E-state index in [0.29, 0.717) is 49.1 Å². The molecule has 1 saturated heterocycles. The number of nitrogens with zero attached hydrogens (tertiary/aromatic N) is 7. The molecule has 1 atom stereocenters. The number of hydrogen-bond donors (Lipinski definition) is 2. The highest BCUT2D eigenvalue weighted by Gasteiger charge is 2.39. The normalized spacial score (nSPS) is 18.8. The van der Waals surface area contributed by atoms with E-state index in [1.54, 1.807) is 27.7 Å². The SMILES string of the molecule is CCn1nccc1C(=O)NC(c1cn2nc(C)c(CN(C)C3CC3)nc2n1)C1CCC(F)(F)CC1.FC(F)F.O=C1CCCCN1. The summed E-state index contributed by atoms with van der Waals surface area (Å²) in [6, 6.07) is 1.73. The van der Waals surface area contributed by atoms with Crippen molar-refractivity contribution >= 4 is 17.6 Å². The molecule has 0 radical (unpaired) electrons. The van der Waals surface area contributed by atoms with Gasteiger partial charge in [-0.05, 0) is 71.4 Å². The fraction of sp³-hybridized carbons (Fsp3) is 0.667. The molecule has 46 heavy (non-hydrogen) atoms. The van der Waals surface area contributed by atoms with Gasteiger partial charge in [-0.3, -0.25) is 19.2 Å². The van der Waals surface area contributed by atoms with E-state index in [1.165, 1.54) is 12.8 Å². The Balaban J connectivity index is 0.000000372. The lowest BCUT2D eigenvalue weighted by Crippen LogP contribution is -2.38. The Bertz CT molecular complexity index is 1440. The standard InChI is InChI=1S/C24H32F2N8O.C5H9NO.CHF3/c1-4-33-20(9-12-27-33)22(35)30-21(16-7-10-24(25,26)11-8-16)19-14-34-23(29-19)28-18(15(2)31-34)13-32(3)17-5-6-17;7-5-3-1-2-4-6-5;2-1(3)4/h9,12,14,16-17,21H,4-8,10-11,13H2,1-3H3,(H,30,35);1-4H2,(H,6,7);1H. The maximum absolute atomic E-state index is 13.9. The van der Waals surface area contributed by atoms with Crippen LogP contribution >= 0.6 is 0 Å². The van der Waals surface area contributed by atoms with Crippen molar-refractivity contribution in [2.75, 3.05) is 13.6 Å². The molecular weight excluding hydrogens is 613 g/mol. The Hall–Kier alpha value is -3.69. The molecule has 3 aromatic rings. The van der Waals surface area contributed by atoms with E-state index >= 15 is 0 Å². The molecule has 2 aliphatic carbocycles. The average Bonchev–Trinajstić information content (AvgIpc) is 3.61. The molecule has 16 heteroatoms. The van der Waals surface area contributed by atoms with Gasteiger partial charge in [-0.2, -0.15) is 23.4 Å². The summed E-state index contributed by atoms with van der Waals surface area (Å²) in [6.45, 7) is 2.30. The molecule has 0 spiro atoms. The number of nitrogens with one attached hydrogen (secondary N) is 2. The van der Waals surface area contributed by atoms with Crippen LogP contribution in [0.2, 0.25) is 0 Å². The number of alkyl halides is 5. The van der Waals surface area contributed by atoms with Crippen molar-refractivity contribution in [3.63, 3.8) is 0 Å². The molecule has 11 nitrogen and oxygen atoms in total. The molecule has 3 fully saturated rings. The van der Waals surface area contributed by atoms with Gasteiger partial charge in [0, 0.05) is 51.1 Å². The first-order valence-electron chi connectivity index (χ1n) is 15.7. The second-order valence-corrected chi connectivity index (χ2v) is 11.9. The van der Waals surface area contributed by atoms with Crippen molar-refractivity contribution < 1.29 is 31.5 Å². The number of hydrogen-bond acceptors (Lipinski definition) is 7. The number of carbonyl (C=O) groups excluding carboxylic acids is 2. The molecule has 2 saturated carbocycles. The van der Waals surface area contributed by atoms with Gasteiger partial charge in [-0.1, -0.05) is 0 Å². The molecule has 0 bridgehead atoms. The van der Waals surface area contributed by atoms with E-state index in [0.717, 1.165) is 37.2 Å². The quantitative estimate of drug-likeness (QED) is 0.328. The molecule has 1 aliphatic heterocycles. The zero-order chi connectivity index (χ0) is 33.4. The van der Waals surface area contributed by atoms with Crippen molar-refractivity contribution in [1.82, 2.24) is 44.9 Å². The highest BCUT2D eigenvalue weighted by Crippen LogP contribution is 2.41. The van der Waals surface area contributed by atoms with Gasteiger partial charge in [-0.15, -0.1) is 0 Å². The van der Waals surface area contributed by atoms with Crippen molar-refractivity contribution in [3.05, 3.63) is 41.2 Å². The molecule has 2 amide bonds. The van der Waals surface area contributed by atoms with Crippen LogP contribution in [0, 0.1) is 12.8 Å². The summed E-state index contributed by atoms with van der Waals surface area (Å²) in [4.78, 5) is 35.3. The van der Waals surface area contributed by atoms with Gasteiger partial charge in [0.05, 0.1) is 29.3 Å². The number of imidazole rings is 1. The van der Waals surface area contributed by atoms with Crippen LogP contribution in [0.1, 0.15) is 98.3 Å². The second-order valence-electron chi connectivity index (χ2n) is 11.9. The van der Waals surface area contributed by atoms with Gasteiger partial charge in [0.15, 0.2) is 0 Å². The monoisotopic (exact) mass is 655 g/mol. The Morgan fingerprint density at radius 1 is 1.15 bits per heavy atom. The van der Waals surface area contributed by atoms with Crippen LogP contribution in [0.15, 0.2) is 18.5 Å². The van der Waals surface area contributed by atoms with Crippen LogP contribution in [0.4, 0.5) is 22.0 Å². The first-order chi connectivity index (χ1) is 21.9. The summed E-state index contributed by atoms with van der Waals surface area (Å²) in [5, 5.41) is 14.6. The third kappa shape index (κ3) is 9.90. The molecule has 1 unspecified atom stereocenters. The molecule has 254 valence electrons. The Morgan fingerprint density at radius 2 is 1.85 bits per heavy atom. The summed E-state index contributed by atoms with van der Waals surface area (Å²) in [6.07, 6.45) is 8.93. The number of piperidine rings is 1. The van der Waals surface area contributed by atoms with Gasteiger partial charge in [0.25, 0.3) is 11.7 Å².